The highest BCUT2D eigenvalue weighted by molar-refractivity contribution is 6.30. The number of aromatic nitrogens is 2. The fourth-order valence-corrected chi connectivity index (χ4v) is 3.72. The molecule has 0 bridgehead atoms. The molecule has 6 nitrogen and oxygen atoms in total. The third-order valence-corrected chi connectivity index (χ3v) is 5.39. The first-order valence-corrected chi connectivity index (χ1v) is 9.66. The van der Waals surface area contributed by atoms with Crippen molar-refractivity contribution in [3.05, 3.63) is 88.5 Å². The summed E-state index contributed by atoms with van der Waals surface area (Å²) in [5, 5.41) is 0.682. The topological polar surface area (TPSA) is 64.4 Å². The van der Waals surface area contributed by atoms with E-state index in [0.717, 1.165) is 17.0 Å². The van der Waals surface area contributed by atoms with E-state index in [4.69, 9.17) is 16.3 Å². The molecular weight excluding hydrogens is 390 g/mol. The van der Waals surface area contributed by atoms with E-state index in [1.54, 1.807) is 35.5 Å². The van der Waals surface area contributed by atoms with E-state index in [9.17, 15) is 9.59 Å². The van der Waals surface area contributed by atoms with Gasteiger partial charge in [-0.05, 0) is 29.8 Å². The quantitative estimate of drug-likeness (QED) is 0.620. The number of methoxy groups -OCH3 is 1. The molecule has 4 rings (SSSR count). The van der Waals surface area contributed by atoms with Gasteiger partial charge >= 0.3 is 5.97 Å². The average molecular weight is 410 g/mol. The maximum absolute atomic E-state index is 13.1. The molecule has 0 aliphatic carbocycles. The second-order valence-electron chi connectivity index (χ2n) is 6.93. The lowest BCUT2D eigenvalue weighted by Crippen LogP contribution is -2.49. The van der Waals surface area contributed by atoms with Crippen LogP contribution in [-0.2, 0) is 29.0 Å². The predicted molar refractivity (Wildman–Crippen MR) is 109 cm³/mol. The Labute approximate surface area is 173 Å². The molecule has 0 fully saturated rings. The Balaban J connectivity index is 1.66. The van der Waals surface area contributed by atoms with Crippen LogP contribution in [0.3, 0.4) is 0 Å². The summed E-state index contributed by atoms with van der Waals surface area (Å²) in [7, 11) is 1.34. The number of fused-ring (bicyclic) bond motifs is 1. The minimum absolute atomic E-state index is 0.203. The van der Waals surface area contributed by atoms with Crippen LogP contribution in [-0.4, -0.2) is 39.5 Å². The first-order valence-electron chi connectivity index (χ1n) is 9.28. The van der Waals surface area contributed by atoms with Crippen molar-refractivity contribution in [2.75, 3.05) is 7.11 Å². The van der Waals surface area contributed by atoms with Crippen molar-refractivity contribution in [1.29, 1.82) is 0 Å². The Bertz CT molecular complexity index is 1030. The number of carbonyl (C=O) groups is 2. The lowest BCUT2D eigenvalue weighted by Gasteiger charge is -2.34. The highest BCUT2D eigenvalue weighted by Gasteiger charge is 2.37. The molecule has 0 spiro atoms. The zero-order valence-electron chi connectivity index (χ0n) is 15.9. The van der Waals surface area contributed by atoms with Gasteiger partial charge in [0.2, 0.25) is 0 Å². The normalized spacial score (nSPS) is 15.7. The van der Waals surface area contributed by atoms with E-state index in [1.165, 1.54) is 7.11 Å². The third-order valence-electron chi connectivity index (χ3n) is 5.14. The number of hydrogen-bond acceptors (Lipinski definition) is 4. The monoisotopic (exact) mass is 409 g/mol. The van der Waals surface area contributed by atoms with Gasteiger partial charge in [-0.2, -0.15) is 0 Å². The maximum Gasteiger partial charge on any atom is 0.329 e. The van der Waals surface area contributed by atoms with Gasteiger partial charge in [0.1, 0.15) is 6.04 Å². The van der Waals surface area contributed by atoms with E-state index in [0.29, 0.717) is 23.6 Å². The van der Waals surface area contributed by atoms with Crippen LogP contribution in [0.5, 0.6) is 0 Å². The molecule has 0 saturated carbocycles. The van der Waals surface area contributed by atoms with Crippen LogP contribution in [0.2, 0.25) is 5.02 Å². The fourth-order valence-electron chi connectivity index (χ4n) is 3.60. The SMILES string of the molecule is COC(=O)[C@@H]1Cc2ncn(Cc3ccc(Cl)cc3)c2CN1C(=O)c1ccccc1. The molecule has 2 aromatic carbocycles. The molecule has 0 radical (unpaired) electrons. The number of rotatable bonds is 4. The lowest BCUT2D eigenvalue weighted by molar-refractivity contribution is -0.146. The first kappa shape index (κ1) is 19.2. The van der Waals surface area contributed by atoms with Gasteiger partial charge < -0.3 is 14.2 Å². The molecule has 3 aromatic rings. The first-order chi connectivity index (χ1) is 14.1. The minimum Gasteiger partial charge on any atom is -0.467 e. The van der Waals surface area contributed by atoms with Crippen LogP contribution >= 0.6 is 11.6 Å². The van der Waals surface area contributed by atoms with E-state index in [-0.39, 0.29) is 12.5 Å². The molecule has 1 aromatic heterocycles. The minimum atomic E-state index is -0.695. The molecular formula is C22H20ClN3O3. The zero-order valence-corrected chi connectivity index (χ0v) is 16.7. The second kappa shape index (κ2) is 8.09. The number of amides is 1. The number of halogens is 1. The number of benzene rings is 2. The van der Waals surface area contributed by atoms with Crippen molar-refractivity contribution in [3.8, 4) is 0 Å². The molecule has 0 saturated heterocycles. The molecule has 0 N–H and O–H groups in total. The molecule has 1 amide bonds. The summed E-state index contributed by atoms with van der Waals surface area (Å²) in [6.45, 7) is 0.895. The van der Waals surface area contributed by atoms with Crippen molar-refractivity contribution >= 4 is 23.5 Å². The van der Waals surface area contributed by atoms with Crippen molar-refractivity contribution in [3.63, 3.8) is 0 Å². The molecule has 148 valence electrons. The molecule has 29 heavy (non-hydrogen) atoms. The van der Waals surface area contributed by atoms with E-state index in [1.807, 2.05) is 34.9 Å². The number of ether oxygens (including phenoxy) is 1. The Morgan fingerprint density at radius 2 is 1.86 bits per heavy atom. The van der Waals surface area contributed by atoms with Gasteiger partial charge in [-0.1, -0.05) is 41.9 Å². The van der Waals surface area contributed by atoms with Crippen LogP contribution < -0.4 is 0 Å². The summed E-state index contributed by atoms with van der Waals surface area (Å²) in [5.74, 6) is -0.641. The number of imidazole rings is 1. The Morgan fingerprint density at radius 3 is 2.55 bits per heavy atom. The summed E-state index contributed by atoms with van der Waals surface area (Å²) in [6, 6.07) is 15.9. The van der Waals surface area contributed by atoms with Gasteiger partial charge in [0.05, 0.1) is 31.4 Å². The van der Waals surface area contributed by atoms with Gasteiger partial charge in [-0.3, -0.25) is 4.79 Å². The largest absolute Gasteiger partial charge is 0.467 e. The van der Waals surface area contributed by atoms with Crippen molar-refractivity contribution in [2.24, 2.45) is 0 Å². The number of hydrogen-bond donors (Lipinski definition) is 0. The molecule has 7 heteroatoms. The van der Waals surface area contributed by atoms with Gasteiger partial charge in [-0.15, -0.1) is 0 Å². The van der Waals surface area contributed by atoms with Crippen molar-refractivity contribution in [2.45, 2.75) is 25.6 Å². The number of nitrogens with zero attached hydrogens (tertiary/aromatic N) is 3. The molecule has 0 unspecified atom stereocenters. The van der Waals surface area contributed by atoms with Crippen LogP contribution in [0.4, 0.5) is 0 Å². The van der Waals surface area contributed by atoms with Crippen LogP contribution in [0.15, 0.2) is 60.9 Å². The Kier molecular flexibility index (Phi) is 5.36. The molecule has 1 aliphatic heterocycles. The number of esters is 1. The fraction of sp³-hybridized carbons (Fsp3) is 0.227. The van der Waals surface area contributed by atoms with Crippen LogP contribution in [0.1, 0.15) is 27.3 Å². The lowest BCUT2D eigenvalue weighted by atomic mass is 10.0. The standard InChI is InChI=1S/C22H20ClN3O3/c1-29-22(28)19-11-18-20(13-26(19)21(27)16-5-3-2-4-6-16)25(14-24-18)12-15-7-9-17(23)10-8-15/h2-10,14,19H,11-13H2,1H3/t19-/m0/s1. The van der Waals surface area contributed by atoms with E-state index >= 15 is 0 Å². The average Bonchev–Trinajstić information content (AvgIpc) is 3.15. The summed E-state index contributed by atoms with van der Waals surface area (Å²) in [4.78, 5) is 31.6. The predicted octanol–water partition coefficient (Wildman–Crippen LogP) is 3.32. The second-order valence-corrected chi connectivity index (χ2v) is 7.37. The summed E-state index contributed by atoms with van der Waals surface area (Å²) in [5.41, 5.74) is 3.34. The van der Waals surface area contributed by atoms with Gasteiger partial charge in [0, 0.05) is 23.6 Å². The van der Waals surface area contributed by atoms with Crippen LogP contribution in [0, 0.1) is 0 Å². The van der Waals surface area contributed by atoms with Crippen molar-refractivity contribution < 1.29 is 14.3 Å². The summed E-state index contributed by atoms with van der Waals surface area (Å²) in [6.07, 6.45) is 2.08. The van der Waals surface area contributed by atoms with Crippen LogP contribution in [0.25, 0.3) is 0 Å². The zero-order chi connectivity index (χ0) is 20.4. The molecule has 2 heterocycles. The molecule has 1 atom stereocenters. The smallest absolute Gasteiger partial charge is 0.329 e. The highest BCUT2D eigenvalue weighted by atomic mass is 35.5. The van der Waals surface area contributed by atoms with E-state index < -0.39 is 12.0 Å². The van der Waals surface area contributed by atoms with E-state index in [2.05, 4.69) is 4.98 Å². The third kappa shape index (κ3) is 3.89. The number of carbonyl (C=O) groups excluding carboxylic acids is 2. The maximum atomic E-state index is 13.1. The Hall–Kier alpha value is -3.12. The van der Waals surface area contributed by atoms with Crippen molar-refractivity contribution in [1.82, 2.24) is 14.5 Å². The summed E-state index contributed by atoms with van der Waals surface area (Å²) >= 11 is 5.97. The highest BCUT2D eigenvalue weighted by Crippen LogP contribution is 2.26. The summed E-state index contributed by atoms with van der Waals surface area (Å²) < 4.78 is 6.97. The van der Waals surface area contributed by atoms with Gasteiger partial charge in [-0.25, -0.2) is 9.78 Å². The molecule has 1 aliphatic rings. The van der Waals surface area contributed by atoms with Gasteiger partial charge in [0.25, 0.3) is 5.91 Å². The Morgan fingerprint density at radius 1 is 1.14 bits per heavy atom. The van der Waals surface area contributed by atoms with Gasteiger partial charge in [0.15, 0.2) is 0 Å².